The number of hydrogen-bond acceptors (Lipinski definition) is 11. The number of rotatable bonds is 3. The highest BCUT2D eigenvalue weighted by molar-refractivity contribution is 6.33. The molecular formula is C27H30N6O6. The van der Waals surface area contributed by atoms with E-state index in [-0.39, 0.29) is 17.5 Å². The number of phenols is 1. The lowest BCUT2D eigenvalue weighted by atomic mass is 9.42. The molecule has 204 valence electrons. The number of carbonyl (C=O) groups excluding carboxylic acids is 5. The maximum Gasteiger partial charge on any atom is 0.235 e. The summed E-state index contributed by atoms with van der Waals surface area (Å²) in [6.07, 6.45) is -0.612. The fourth-order valence-electron chi connectivity index (χ4n) is 6.88. The van der Waals surface area contributed by atoms with E-state index in [1.165, 1.54) is 19.0 Å². The molecule has 3 aliphatic rings. The average Bonchev–Trinajstić information content (AvgIpc) is 2.79. The number of hydrogen-bond donors (Lipinski definition) is 4. The Labute approximate surface area is 225 Å². The summed E-state index contributed by atoms with van der Waals surface area (Å²) in [6, 6.07) is 1.83. The normalized spacial score (nSPS) is 33.4. The third-order valence-corrected chi connectivity index (χ3v) is 8.31. The molecule has 3 aliphatic carbocycles. The first-order chi connectivity index (χ1) is 18.1. The van der Waals surface area contributed by atoms with Gasteiger partial charge >= 0.3 is 0 Å². The summed E-state index contributed by atoms with van der Waals surface area (Å²) in [4.78, 5) is 70.9. The third kappa shape index (κ3) is 3.32. The van der Waals surface area contributed by atoms with Crippen LogP contribution in [-0.4, -0.2) is 84.4 Å². The number of nitriles is 1. The fourth-order valence-corrected chi connectivity index (χ4v) is 6.88. The minimum atomic E-state index is -2.78. The Bertz CT molecular complexity index is 1480. The van der Waals surface area contributed by atoms with Crippen LogP contribution in [0.4, 0.5) is 5.69 Å². The number of anilines is 1. The summed E-state index contributed by atoms with van der Waals surface area (Å²) < 4.78 is 0. The summed E-state index contributed by atoms with van der Waals surface area (Å²) in [6.45, 7) is 1.55. The van der Waals surface area contributed by atoms with Crippen LogP contribution >= 0.6 is 0 Å². The Balaban J connectivity index is 2.07. The summed E-state index contributed by atoms with van der Waals surface area (Å²) in [5.74, 6) is -4.70. The lowest BCUT2D eigenvalue weighted by Gasteiger charge is -2.60. The van der Waals surface area contributed by atoms with Gasteiger partial charge in [-0.15, -0.1) is 5.92 Å². The predicted octanol–water partition coefficient (Wildman–Crippen LogP) is -1.75. The van der Waals surface area contributed by atoms with Gasteiger partial charge in [0.2, 0.25) is 5.91 Å². The Kier molecular flexibility index (Phi) is 6.24. The number of ketones is 4. The number of amides is 1. The van der Waals surface area contributed by atoms with Crippen LogP contribution in [0, 0.1) is 40.4 Å². The van der Waals surface area contributed by atoms with Gasteiger partial charge in [0.25, 0.3) is 0 Å². The highest BCUT2D eigenvalue weighted by Gasteiger charge is 2.78. The van der Waals surface area contributed by atoms with Crippen molar-refractivity contribution in [2.45, 2.75) is 36.9 Å². The van der Waals surface area contributed by atoms with Gasteiger partial charge in [0.05, 0.1) is 28.8 Å². The number of primary amides is 1. The van der Waals surface area contributed by atoms with Crippen LogP contribution in [0.25, 0.3) is 0 Å². The first kappa shape index (κ1) is 27.9. The molecule has 2 unspecified atom stereocenters. The van der Waals surface area contributed by atoms with Crippen molar-refractivity contribution in [3.63, 3.8) is 0 Å². The summed E-state index contributed by atoms with van der Waals surface area (Å²) in [5, 5.41) is 21.5. The third-order valence-electron chi connectivity index (χ3n) is 8.31. The standard InChI is InChI=1S/C27H30N6O6/c1-6-7-12-8-14(32(2)3)13-9-25(30)10-27(31)21(33(4)5)20(36)16(24(29)39)22(37)26(27,11-28)23(38)17(25)19(35)15(13)18(12)34/h8,16-17,21,34H,9-10,30-31H2,1-5H3,(H2,29,39)/t16?,17?,21-,25-,26+,27-/m1/s1. The van der Waals surface area contributed by atoms with Crippen molar-refractivity contribution >= 4 is 34.7 Å². The minimum absolute atomic E-state index is 0.144. The zero-order valence-corrected chi connectivity index (χ0v) is 22.3. The van der Waals surface area contributed by atoms with Gasteiger partial charge in [-0.25, -0.2) is 0 Å². The zero-order valence-electron chi connectivity index (χ0n) is 22.3. The molecule has 0 radical (unpaired) electrons. The summed E-state index contributed by atoms with van der Waals surface area (Å²) >= 11 is 0. The van der Waals surface area contributed by atoms with Crippen molar-refractivity contribution in [3.05, 3.63) is 22.8 Å². The number of Topliss-reactive ketones (excluding diaryl/α,β-unsaturated/α-hetero) is 4. The van der Waals surface area contributed by atoms with Crippen molar-refractivity contribution in [2.24, 2.45) is 34.5 Å². The molecule has 12 nitrogen and oxygen atoms in total. The van der Waals surface area contributed by atoms with Gasteiger partial charge in [0, 0.05) is 25.3 Å². The van der Waals surface area contributed by atoms with Crippen LogP contribution in [0.2, 0.25) is 0 Å². The molecule has 0 heterocycles. The van der Waals surface area contributed by atoms with Gasteiger partial charge in [0.15, 0.2) is 34.5 Å². The lowest BCUT2D eigenvalue weighted by Crippen LogP contribution is -2.85. The summed E-state index contributed by atoms with van der Waals surface area (Å²) in [7, 11) is 6.34. The monoisotopic (exact) mass is 534 g/mol. The number of nitrogens with two attached hydrogens (primary N) is 3. The maximum atomic E-state index is 14.3. The molecule has 12 heteroatoms. The molecule has 0 aromatic heterocycles. The molecule has 1 amide bonds. The highest BCUT2D eigenvalue weighted by Crippen LogP contribution is 2.57. The second-order valence-corrected chi connectivity index (χ2v) is 11.0. The highest BCUT2D eigenvalue weighted by atomic mass is 16.3. The molecule has 0 aliphatic heterocycles. The molecule has 39 heavy (non-hydrogen) atoms. The number of nitrogens with zero attached hydrogens (tertiary/aromatic N) is 3. The Hall–Kier alpha value is -4.10. The van der Waals surface area contributed by atoms with Gasteiger partial charge in [-0.2, -0.15) is 5.26 Å². The molecule has 4 rings (SSSR count). The number of carbonyl (C=O) groups is 5. The largest absolute Gasteiger partial charge is 0.506 e. The zero-order chi connectivity index (χ0) is 29.4. The predicted molar refractivity (Wildman–Crippen MR) is 138 cm³/mol. The van der Waals surface area contributed by atoms with Crippen molar-refractivity contribution in [1.29, 1.82) is 5.26 Å². The van der Waals surface area contributed by atoms with Gasteiger partial charge < -0.3 is 27.2 Å². The van der Waals surface area contributed by atoms with Crippen LogP contribution in [-0.2, 0) is 25.6 Å². The van der Waals surface area contributed by atoms with Gasteiger partial charge in [-0.3, -0.25) is 28.9 Å². The Morgan fingerprint density at radius 2 is 1.74 bits per heavy atom. The van der Waals surface area contributed by atoms with E-state index >= 15 is 0 Å². The number of benzene rings is 1. The molecule has 0 bridgehead atoms. The van der Waals surface area contributed by atoms with Crippen molar-refractivity contribution in [1.82, 2.24) is 4.90 Å². The van der Waals surface area contributed by atoms with Crippen LogP contribution in [0.5, 0.6) is 5.75 Å². The SMILES string of the molecule is CC#Cc1cc(N(C)C)c2c(c1O)C(=O)C1C(=O)[C@]3(C#N)C(=O)C(C(N)=O)C(=O)[C@@H](N(C)C)[C@]3(N)C[C@]1(N)C2. The molecule has 2 fully saturated rings. The Morgan fingerprint density at radius 3 is 2.23 bits per heavy atom. The number of likely N-dealkylation sites (N-methyl/N-ethyl adjacent to an activating group) is 1. The molecule has 6 atom stereocenters. The number of fused-ring (bicyclic) bond motifs is 3. The van der Waals surface area contributed by atoms with E-state index in [0.717, 1.165) is 0 Å². The van der Waals surface area contributed by atoms with Gasteiger partial charge in [-0.05, 0) is 45.5 Å². The molecule has 1 aromatic rings. The van der Waals surface area contributed by atoms with E-state index in [1.807, 2.05) is 0 Å². The van der Waals surface area contributed by atoms with Gasteiger partial charge in [-0.1, -0.05) is 5.92 Å². The van der Waals surface area contributed by atoms with Crippen LogP contribution in [0.15, 0.2) is 6.07 Å². The fraction of sp³-hybridized carbons (Fsp3) is 0.481. The topological polar surface area (TPSA) is 214 Å². The summed E-state index contributed by atoms with van der Waals surface area (Å²) in [5.41, 5.74) is 13.1. The minimum Gasteiger partial charge on any atom is -0.506 e. The van der Waals surface area contributed by atoms with Crippen LogP contribution < -0.4 is 22.1 Å². The number of phenolic OH excluding ortho intramolecular Hbond substituents is 1. The number of aromatic hydroxyl groups is 1. The molecule has 7 N–H and O–H groups in total. The Morgan fingerprint density at radius 1 is 1.13 bits per heavy atom. The van der Waals surface area contributed by atoms with Crippen molar-refractivity contribution in [2.75, 3.05) is 33.1 Å². The smallest absolute Gasteiger partial charge is 0.235 e. The van der Waals surface area contributed by atoms with E-state index in [2.05, 4.69) is 11.8 Å². The van der Waals surface area contributed by atoms with Crippen molar-refractivity contribution in [3.8, 4) is 23.7 Å². The molecule has 1 aromatic carbocycles. The van der Waals surface area contributed by atoms with E-state index in [1.54, 1.807) is 38.1 Å². The van der Waals surface area contributed by atoms with Gasteiger partial charge in [0.1, 0.15) is 11.7 Å². The lowest BCUT2D eigenvalue weighted by molar-refractivity contribution is -0.166. The first-order valence-electron chi connectivity index (χ1n) is 12.2. The van der Waals surface area contributed by atoms with Crippen LogP contribution in [0.3, 0.4) is 0 Å². The second kappa shape index (κ2) is 8.71. The second-order valence-electron chi connectivity index (χ2n) is 11.0. The average molecular weight is 535 g/mol. The van der Waals surface area contributed by atoms with E-state index in [0.29, 0.717) is 11.3 Å². The maximum absolute atomic E-state index is 14.3. The first-order valence-corrected chi connectivity index (χ1v) is 12.2. The quantitative estimate of drug-likeness (QED) is 0.252. The molecule has 0 spiro atoms. The van der Waals surface area contributed by atoms with E-state index in [9.17, 15) is 34.3 Å². The molecule has 0 saturated heterocycles. The molecular weight excluding hydrogens is 504 g/mol. The van der Waals surface area contributed by atoms with E-state index in [4.69, 9.17) is 17.2 Å². The van der Waals surface area contributed by atoms with Crippen LogP contribution in [0.1, 0.15) is 34.8 Å². The van der Waals surface area contributed by atoms with Crippen molar-refractivity contribution < 1.29 is 29.1 Å². The van der Waals surface area contributed by atoms with E-state index < -0.39 is 75.6 Å². The molecule has 2 saturated carbocycles.